The number of rotatable bonds is 12. The second-order valence-electron chi connectivity index (χ2n) is 7.17. The zero-order valence-corrected chi connectivity index (χ0v) is 19.1. The third kappa shape index (κ3) is 8.66. The summed E-state index contributed by atoms with van der Waals surface area (Å²) < 4.78 is 23.7. The molecule has 2 unspecified atom stereocenters. The number of benzene rings is 2. The van der Waals surface area contributed by atoms with Gasteiger partial charge in [0.15, 0.2) is 0 Å². The van der Waals surface area contributed by atoms with Crippen LogP contribution in [-0.4, -0.2) is 43.9 Å². The lowest BCUT2D eigenvalue weighted by molar-refractivity contribution is -0.145. The van der Waals surface area contributed by atoms with Crippen molar-refractivity contribution in [2.45, 2.75) is 38.8 Å². The molecule has 0 aliphatic heterocycles. The van der Waals surface area contributed by atoms with Gasteiger partial charge in [0.25, 0.3) is 0 Å². The van der Waals surface area contributed by atoms with Crippen LogP contribution in [0.25, 0.3) is 0 Å². The summed E-state index contributed by atoms with van der Waals surface area (Å²) in [6.07, 6.45) is 0.615. The highest BCUT2D eigenvalue weighted by Crippen LogP contribution is 2.33. The zero-order valence-electron chi connectivity index (χ0n) is 18.2. The molecule has 2 N–H and O–H groups in total. The summed E-state index contributed by atoms with van der Waals surface area (Å²) in [5.41, 5.74) is 1.80. The lowest BCUT2D eigenvalue weighted by Crippen LogP contribution is -2.45. The van der Waals surface area contributed by atoms with Crippen LogP contribution in [0.5, 0.6) is 0 Å². The van der Waals surface area contributed by atoms with Crippen molar-refractivity contribution in [1.82, 2.24) is 10.2 Å². The molecule has 0 amide bonds. The van der Waals surface area contributed by atoms with Crippen molar-refractivity contribution in [3.63, 3.8) is 0 Å². The summed E-state index contributed by atoms with van der Waals surface area (Å²) in [4.78, 5) is 25.0. The topological polar surface area (TPSA) is 93.7 Å². The predicted octanol–water partition coefficient (Wildman–Crippen LogP) is 3.34. The first-order chi connectivity index (χ1) is 14.8. The maximum Gasteiger partial charge on any atom is 0.323 e. The van der Waals surface area contributed by atoms with Crippen LogP contribution < -0.4 is 10.2 Å². The minimum atomic E-state index is -3.34. The maximum atomic E-state index is 13.4. The molecule has 31 heavy (non-hydrogen) atoms. The summed E-state index contributed by atoms with van der Waals surface area (Å²) in [5, 5.41) is 5.80. The monoisotopic (exact) mass is 446 g/mol. The highest BCUT2D eigenvalue weighted by atomic mass is 31.2. The fraction of sp³-hybridized carbons (Fsp3) is 0.391. The summed E-state index contributed by atoms with van der Waals surface area (Å²) in [6, 6.07) is 17.2. The van der Waals surface area contributed by atoms with Gasteiger partial charge in [0.2, 0.25) is 7.44 Å². The summed E-state index contributed by atoms with van der Waals surface area (Å²) in [7, 11) is -3.34. The quantitative estimate of drug-likeness (QED) is 0.382. The van der Waals surface area contributed by atoms with E-state index in [1.807, 2.05) is 60.7 Å². The first kappa shape index (κ1) is 24.8. The van der Waals surface area contributed by atoms with Crippen LogP contribution in [0.3, 0.4) is 0 Å². The molecule has 0 heterocycles. The molecular weight excluding hydrogens is 415 g/mol. The Hall–Kier alpha value is -2.47. The van der Waals surface area contributed by atoms with Gasteiger partial charge in [0.1, 0.15) is 12.1 Å². The zero-order chi connectivity index (χ0) is 22.7. The molecule has 0 aliphatic carbocycles. The Morgan fingerprint density at radius 1 is 0.774 bits per heavy atom. The van der Waals surface area contributed by atoms with Crippen LogP contribution >= 0.6 is 7.44 Å². The Labute approximate surface area is 184 Å². The highest BCUT2D eigenvalue weighted by molar-refractivity contribution is 7.59. The van der Waals surface area contributed by atoms with E-state index in [-0.39, 0.29) is 13.2 Å². The van der Waals surface area contributed by atoms with Crippen LogP contribution in [-0.2, 0) is 36.5 Å². The summed E-state index contributed by atoms with van der Waals surface area (Å²) in [5.74, 6) is -0.989. The van der Waals surface area contributed by atoms with Gasteiger partial charge in [-0.1, -0.05) is 60.7 Å². The van der Waals surface area contributed by atoms with Gasteiger partial charge in [-0.3, -0.25) is 14.2 Å². The fourth-order valence-electron chi connectivity index (χ4n) is 3.18. The van der Waals surface area contributed by atoms with Crippen molar-refractivity contribution < 1.29 is 23.6 Å². The predicted molar refractivity (Wildman–Crippen MR) is 121 cm³/mol. The van der Waals surface area contributed by atoms with Crippen molar-refractivity contribution in [3.05, 3.63) is 71.8 Å². The van der Waals surface area contributed by atoms with Crippen molar-refractivity contribution in [2.75, 3.05) is 19.9 Å². The number of carbonyl (C=O) groups excluding carboxylic acids is 2. The van der Waals surface area contributed by atoms with E-state index in [9.17, 15) is 14.2 Å². The first-order valence-corrected chi connectivity index (χ1v) is 12.5. The Bertz CT molecular complexity index is 807. The largest absolute Gasteiger partial charge is 0.465 e. The molecule has 0 fully saturated rings. The molecular formula is C23H31N2O5P. The Morgan fingerprint density at radius 2 is 1.13 bits per heavy atom. The van der Waals surface area contributed by atoms with Gasteiger partial charge in [-0.15, -0.1) is 0 Å². The normalized spacial score (nSPS) is 14.8. The van der Waals surface area contributed by atoms with E-state index < -0.39 is 31.5 Å². The molecule has 2 aromatic rings. The molecule has 0 bridgehead atoms. The van der Waals surface area contributed by atoms with E-state index in [4.69, 9.17) is 9.47 Å². The van der Waals surface area contributed by atoms with Gasteiger partial charge in [-0.25, -0.2) is 10.2 Å². The smallest absolute Gasteiger partial charge is 0.323 e. The second kappa shape index (κ2) is 12.4. The Balaban J connectivity index is 2.17. The van der Waals surface area contributed by atoms with Crippen LogP contribution in [0.15, 0.2) is 60.7 Å². The number of hydrogen-bond donors (Lipinski definition) is 2. The summed E-state index contributed by atoms with van der Waals surface area (Å²) in [6.45, 7) is 5.33. The van der Waals surface area contributed by atoms with Crippen molar-refractivity contribution in [1.29, 1.82) is 0 Å². The number of nitrogens with one attached hydrogen (secondary N) is 2. The van der Waals surface area contributed by atoms with Crippen molar-refractivity contribution >= 4 is 19.4 Å². The number of esters is 2. The highest BCUT2D eigenvalue weighted by Gasteiger charge is 2.32. The molecule has 2 rings (SSSR count). The van der Waals surface area contributed by atoms with E-state index in [0.29, 0.717) is 12.8 Å². The SMILES string of the molecule is CCOC(=O)C(Cc1ccccc1)NP(C)(=O)NC(Cc1ccccc1)C(=O)OCC. The van der Waals surface area contributed by atoms with Crippen molar-refractivity contribution in [3.8, 4) is 0 Å². The molecule has 7 nitrogen and oxygen atoms in total. The molecule has 0 saturated heterocycles. The standard InChI is InChI=1S/C23H31N2O5P/c1-4-29-22(26)20(16-18-12-8-6-9-13-18)24-31(3,28)25-21(23(27)30-5-2)17-19-14-10-7-11-15-19/h6-15,20-21H,4-5,16-17H2,1-3H3,(H2,24,25,28). The molecule has 0 aromatic heterocycles. The van der Waals surface area contributed by atoms with Gasteiger partial charge in [-0.2, -0.15) is 0 Å². The van der Waals surface area contributed by atoms with Gasteiger partial charge >= 0.3 is 11.9 Å². The second-order valence-corrected chi connectivity index (χ2v) is 9.54. The third-order valence-corrected chi connectivity index (χ3v) is 6.12. The average Bonchev–Trinajstić information content (AvgIpc) is 2.74. The molecule has 0 aliphatic rings. The maximum absolute atomic E-state index is 13.4. The lowest BCUT2D eigenvalue weighted by Gasteiger charge is -2.26. The molecule has 0 spiro atoms. The van der Waals surface area contributed by atoms with Gasteiger partial charge < -0.3 is 9.47 Å². The van der Waals surface area contributed by atoms with E-state index in [2.05, 4.69) is 10.2 Å². The molecule has 8 heteroatoms. The number of hydrogen-bond acceptors (Lipinski definition) is 5. The average molecular weight is 446 g/mol. The number of ether oxygens (including phenoxy) is 2. The minimum absolute atomic E-state index is 0.215. The van der Waals surface area contributed by atoms with Crippen LogP contribution in [0.1, 0.15) is 25.0 Å². The van der Waals surface area contributed by atoms with Gasteiger partial charge in [0, 0.05) is 6.66 Å². The fourth-order valence-corrected chi connectivity index (χ4v) is 4.84. The van der Waals surface area contributed by atoms with E-state index in [1.54, 1.807) is 13.8 Å². The van der Waals surface area contributed by atoms with E-state index >= 15 is 0 Å². The van der Waals surface area contributed by atoms with E-state index in [1.165, 1.54) is 6.66 Å². The Kier molecular flexibility index (Phi) is 9.92. The molecule has 2 atom stereocenters. The van der Waals surface area contributed by atoms with Crippen LogP contribution in [0.4, 0.5) is 0 Å². The number of carbonyl (C=O) groups is 2. The minimum Gasteiger partial charge on any atom is -0.465 e. The third-order valence-electron chi connectivity index (χ3n) is 4.51. The van der Waals surface area contributed by atoms with Crippen LogP contribution in [0, 0.1) is 0 Å². The van der Waals surface area contributed by atoms with E-state index in [0.717, 1.165) is 11.1 Å². The summed E-state index contributed by atoms with van der Waals surface area (Å²) >= 11 is 0. The molecule has 2 aromatic carbocycles. The Morgan fingerprint density at radius 3 is 1.45 bits per heavy atom. The molecule has 0 radical (unpaired) electrons. The molecule has 0 saturated carbocycles. The van der Waals surface area contributed by atoms with Gasteiger partial charge in [0.05, 0.1) is 13.2 Å². The lowest BCUT2D eigenvalue weighted by atomic mass is 10.1. The van der Waals surface area contributed by atoms with Gasteiger partial charge in [-0.05, 0) is 37.8 Å². The first-order valence-electron chi connectivity index (χ1n) is 10.4. The van der Waals surface area contributed by atoms with Crippen LogP contribution in [0.2, 0.25) is 0 Å². The molecule has 168 valence electrons. The van der Waals surface area contributed by atoms with Crippen molar-refractivity contribution in [2.24, 2.45) is 0 Å².